The smallest absolute Gasteiger partial charge is 0.238 e. The highest BCUT2D eigenvalue weighted by Gasteiger charge is 2.70. The lowest BCUT2D eigenvalue weighted by Crippen LogP contribution is -2.51. The van der Waals surface area contributed by atoms with Gasteiger partial charge in [-0.2, -0.15) is 0 Å². The van der Waals surface area contributed by atoms with Gasteiger partial charge in [-0.1, -0.05) is 103 Å². The number of nitrogens with one attached hydrogen (secondary N) is 1. The number of nitrogens with zero attached hydrogens (tertiary/aromatic N) is 1. The van der Waals surface area contributed by atoms with Crippen molar-refractivity contribution in [1.29, 1.82) is 0 Å². The van der Waals surface area contributed by atoms with Gasteiger partial charge in [0.15, 0.2) is 11.6 Å². The van der Waals surface area contributed by atoms with Gasteiger partial charge in [0.05, 0.1) is 12.0 Å². The van der Waals surface area contributed by atoms with E-state index in [0.29, 0.717) is 16.8 Å². The summed E-state index contributed by atoms with van der Waals surface area (Å²) >= 11 is 0. The highest BCUT2D eigenvalue weighted by atomic mass is 16.2. The molecule has 3 heterocycles. The first kappa shape index (κ1) is 28.0. The molecule has 220 valence electrons. The Hall–Kier alpha value is -4.77. The molecule has 1 spiro atoms. The summed E-state index contributed by atoms with van der Waals surface area (Å²) in [6.45, 7) is 8.22. The first-order valence-corrected chi connectivity index (χ1v) is 15.5. The van der Waals surface area contributed by atoms with Crippen LogP contribution in [0, 0.1) is 19.8 Å². The van der Waals surface area contributed by atoms with Gasteiger partial charge >= 0.3 is 0 Å². The lowest BCUT2D eigenvalue weighted by atomic mass is 9.64. The van der Waals surface area contributed by atoms with Crippen molar-refractivity contribution < 1.29 is 14.4 Å². The quantitative estimate of drug-likeness (QED) is 0.240. The number of Topliss-reactive ketones (excluding diaryl/α,β-unsaturated/α-hetero) is 2. The molecule has 5 heteroatoms. The zero-order valence-corrected chi connectivity index (χ0v) is 25.6. The van der Waals surface area contributed by atoms with Crippen LogP contribution in [0.3, 0.4) is 0 Å². The predicted molar refractivity (Wildman–Crippen MR) is 175 cm³/mol. The molecule has 3 aliphatic heterocycles. The number of fused-ring (bicyclic) bond motifs is 6. The monoisotopic (exact) mass is 580 g/mol. The number of ketones is 2. The van der Waals surface area contributed by atoms with E-state index in [1.165, 1.54) is 0 Å². The maximum Gasteiger partial charge on any atom is 0.238 e. The molecule has 0 radical (unpaired) electrons. The Labute approximate surface area is 258 Å². The third-order valence-electron chi connectivity index (χ3n) is 9.80. The second-order valence-corrected chi connectivity index (χ2v) is 12.6. The normalized spacial score (nSPS) is 23.1. The van der Waals surface area contributed by atoms with Gasteiger partial charge in [-0.25, -0.2) is 0 Å². The summed E-state index contributed by atoms with van der Waals surface area (Å²) in [7, 11) is 0. The molecule has 1 N–H and O–H groups in total. The Morgan fingerprint density at radius 2 is 1.48 bits per heavy atom. The molecule has 4 atom stereocenters. The molecule has 1 fully saturated rings. The van der Waals surface area contributed by atoms with Crippen molar-refractivity contribution in [3.05, 3.63) is 136 Å². The average molecular weight is 581 g/mol. The fourth-order valence-electron chi connectivity index (χ4n) is 7.74. The van der Waals surface area contributed by atoms with Crippen LogP contribution in [0.5, 0.6) is 0 Å². The Kier molecular flexibility index (Phi) is 6.65. The molecular formula is C39H36N2O3. The highest BCUT2D eigenvalue weighted by Crippen LogP contribution is 2.59. The van der Waals surface area contributed by atoms with E-state index in [0.717, 1.165) is 51.9 Å². The van der Waals surface area contributed by atoms with E-state index in [1.807, 2.05) is 91.9 Å². The van der Waals surface area contributed by atoms with Gasteiger partial charge in [-0.05, 0) is 62.1 Å². The summed E-state index contributed by atoms with van der Waals surface area (Å²) in [4.78, 5) is 46.6. The number of carbonyl (C=O) groups is 3. The van der Waals surface area contributed by atoms with Crippen molar-refractivity contribution in [3.63, 3.8) is 0 Å². The number of para-hydroxylation sites is 1. The summed E-state index contributed by atoms with van der Waals surface area (Å²) in [5.41, 5.74) is 7.40. The van der Waals surface area contributed by atoms with Gasteiger partial charge in [0.2, 0.25) is 5.91 Å². The molecule has 4 aromatic carbocycles. The second-order valence-electron chi connectivity index (χ2n) is 12.6. The van der Waals surface area contributed by atoms with E-state index in [4.69, 9.17) is 0 Å². The minimum atomic E-state index is -1.31. The topological polar surface area (TPSA) is 66.5 Å². The number of anilines is 2. The van der Waals surface area contributed by atoms with E-state index in [1.54, 1.807) is 0 Å². The summed E-state index contributed by atoms with van der Waals surface area (Å²) < 4.78 is 0. The van der Waals surface area contributed by atoms with Crippen molar-refractivity contribution in [2.45, 2.75) is 58.0 Å². The summed E-state index contributed by atoms with van der Waals surface area (Å²) in [6.07, 6.45) is 4.03. The Bertz CT molecular complexity index is 1850. The van der Waals surface area contributed by atoms with Gasteiger partial charge in [0, 0.05) is 28.1 Å². The first-order valence-electron chi connectivity index (χ1n) is 15.5. The zero-order valence-electron chi connectivity index (χ0n) is 25.6. The average Bonchev–Trinajstić information content (AvgIpc) is 3.49. The van der Waals surface area contributed by atoms with Gasteiger partial charge in [-0.15, -0.1) is 0 Å². The Morgan fingerprint density at radius 1 is 0.818 bits per heavy atom. The van der Waals surface area contributed by atoms with E-state index < -0.39 is 23.4 Å². The van der Waals surface area contributed by atoms with Crippen LogP contribution in [0.2, 0.25) is 0 Å². The van der Waals surface area contributed by atoms with Crippen LogP contribution in [0.4, 0.5) is 11.4 Å². The van der Waals surface area contributed by atoms with Gasteiger partial charge in [0.25, 0.3) is 0 Å². The minimum Gasteiger partial charge on any atom is -0.352 e. The maximum absolute atomic E-state index is 15.0. The molecule has 0 aliphatic carbocycles. The number of allylic oxidation sites excluding steroid dienone is 1. The zero-order chi connectivity index (χ0) is 30.7. The van der Waals surface area contributed by atoms with Crippen LogP contribution in [-0.2, 0) is 16.6 Å². The van der Waals surface area contributed by atoms with Crippen molar-refractivity contribution in [2.24, 2.45) is 5.92 Å². The summed E-state index contributed by atoms with van der Waals surface area (Å²) in [6, 6.07) is 27.6. The fourth-order valence-corrected chi connectivity index (χ4v) is 7.74. The van der Waals surface area contributed by atoms with E-state index in [-0.39, 0.29) is 17.5 Å². The molecule has 4 unspecified atom stereocenters. The second kappa shape index (κ2) is 10.4. The van der Waals surface area contributed by atoms with Crippen molar-refractivity contribution in [3.8, 4) is 0 Å². The van der Waals surface area contributed by atoms with Crippen LogP contribution in [-0.4, -0.2) is 29.6 Å². The van der Waals surface area contributed by atoms with Gasteiger partial charge < -0.3 is 10.2 Å². The number of benzene rings is 4. The molecule has 0 saturated carbocycles. The molecule has 7 rings (SSSR count). The van der Waals surface area contributed by atoms with Crippen molar-refractivity contribution >= 4 is 34.4 Å². The standard InChI is InChI=1S/C39H36N2O3/c1-5-8-26-14-18-27(19-15-26)36(42)34-35(37(43)28-16-11-23(2)12-17-28)41-32-20-13-24(3)21-29(32)25(4)22-33(41)39(34)30-9-6-7-10-31(30)40-38(39)44/h6-7,9-22,33-35H,5,8H2,1-4H3,(H,40,44). The highest BCUT2D eigenvalue weighted by molar-refractivity contribution is 6.18. The van der Waals surface area contributed by atoms with Gasteiger partial charge in [-0.3, -0.25) is 14.4 Å². The fraction of sp³-hybridized carbons (Fsp3) is 0.256. The van der Waals surface area contributed by atoms with E-state index in [9.17, 15) is 9.59 Å². The van der Waals surface area contributed by atoms with Crippen LogP contribution < -0.4 is 10.2 Å². The lowest BCUT2D eigenvalue weighted by molar-refractivity contribution is -0.121. The van der Waals surface area contributed by atoms with Crippen molar-refractivity contribution in [2.75, 3.05) is 10.2 Å². The Balaban J connectivity index is 1.52. The number of hydrogen-bond acceptors (Lipinski definition) is 4. The van der Waals surface area contributed by atoms with Crippen LogP contribution >= 0.6 is 0 Å². The molecule has 1 saturated heterocycles. The van der Waals surface area contributed by atoms with Crippen LogP contribution in [0.15, 0.2) is 97.1 Å². The summed E-state index contributed by atoms with van der Waals surface area (Å²) in [5, 5.41) is 3.12. The molecule has 3 aliphatic rings. The minimum absolute atomic E-state index is 0.163. The van der Waals surface area contributed by atoms with Gasteiger partial charge in [0.1, 0.15) is 11.5 Å². The van der Waals surface area contributed by atoms with Crippen LogP contribution in [0.1, 0.15) is 68.8 Å². The number of carbonyl (C=O) groups excluding carboxylic acids is 3. The molecule has 1 amide bonds. The predicted octanol–water partition coefficient (Wildman–Crippen LogP) is 7.50. The maximum atomic E-state index is 15.0. The van der Waals surface area contributed by atoms with Crippen LogP contribution in [0.25, 0.3) is 5.57 Å². The SMILES string of the molecule is CCCc1ccc(C(=O)C2C(C(=O)c3ccc(C)cc3)N3c4ccc(C)cc4C(C)=CC3C23C(=O)Nc2ccccc23)cc1. The third kappa shape index (κ3) is 4.02. The van der Waals surface area contributed by atoms with Crippen molar-refractivity contribution in [1.82, 2.24) is 0 Å². The molecule has 44 heavy (non-hydrogen) atoms. The van der Waals surface area contributed by atoms with E-state index >= 15 is 4.79 Å². The first-order chi connectivity index (χ1) is 21.2. The molecule has 0 aromatic heterocycles. The summed E-state index contributed by atoms with van der Waals surface area (Å²) in [5.74, 6) is -1.57. The lowest BCUT2D eigenvalue weighted by Gasteiger charge is -2.39. The Morgan fingerprint density at radius 3 is 2.20 bits per heavy atom. The number of aryl methyl sites for hydroxylation is 3. The molecular weight excluding hydrogens is 544 g/mol. The molecule has 0 bridgehead atoms. The largest absolute Gasteiger partial charge is 0.352 e. The molecule has 5 nitrogen and oxygen atoms in total. The van der Waals surface area contributed by atoms with E-state index in [2.05, 4.69) is 43.1 Å². The molecule has 4 aromatic rings. The number of hydrogen-bond donors (Lipinski definition) is 1. The number of amides is 1. The number of rotatable bonds is 6. The third-order valence-corrected chi connectivity index (χ3v) is 9.80.